The minimum Gasteiger partial charge on any atom is -0.384 e. The van der Waals surface area contributed by atoms with Gasteiger partial charge in [0.15, 0.2) is 0 Å². The zero-order valence-corrected chi connectivity index (χ0v) is 11.2. The molecule has 1 aliphatic rings. The Morgan fingerprint density at radius 3 is 2.55 bits per heavy atom. The number of carbonyl (C=O) groups excluding carboxylic acids is 1. The highest BCUT2D eigenvalue weighted by Gasteiger charge is 2.31. The number of amides is 1. The molecule has 0 bridgehead atoms. The summed E-state index contributed by atoms with van der Waals surface area (Å²) in [5.74, 6) is -0.225. The summed E-state index contributed by atoms with van der Waals surface area (Å²) in [6.07, 6.45) is 0.581. The fourth-order valence-electron chi connectivity index (χ4n) is 2.43. The first-order valence-electron chi connectivity index (χ1n) is 6.63. The molecule has 1 unspecified atom stereocenters. The number of hydrogen-bond acceptors (Lipinski definition) is 4. The molecular formula is C15H16N4O. The van der Waals surface area contributed by atoms with Gasteiger partial charge in [-0.25, -0.2) is 0 Å². The number of fused-ring (bicyclic) bond motifs is 1. The number of benzene rings is 1. The standard InChI is InChI=1S/C15H16N4O/c16-7-3-9-19(10-4-8-17)15(20)13-11-18-14-6-2-1-5-12(13)14/h1-2,5-6,13,18H,3-4,9-11H2. The van der Waals surface area contributed by atoms with E-state index in [9.17, 15) is 4.79 Å². The Kier molecular flexibility index (Phi) is 4.57. The van der Waals surface area contributed by atoms with Crippen molar-refractivity contribution in [2.75, 3.05) is 25.0 Å². The normalized spacial score (nSPS) is 15.6. The molecule has 0 aliphatic carbocycles. The quantitative estimate of drug-likeness (QED) is 0.883. The van der Waals surface area contributed by atoms with Crippen LogP contribution in [0.25, 0.3) is 0 Å². The van der Waals surface area contributed by atoms with Crippen LogP contribution in [0, 0.1) is 22.7 Å². The molecule has 0 saturated carbocycles. The maximum absolute atomic E-state index is 12.6. The molecule has 5 heteroatoms. The van der Waals surface area contributed by atoms with Crippen LogP contribution in [0.1, 0.15) is 24.3 Å². The highest BCUT2D eigenvalue weighted by molar-refractivity contribution is 5.88. The Morgan fingerprint density at radius 1 is 1.25 bits per heavy atom. The smallest absolute Gasteiger partial charge is 0.232 e. The summed E-state index contributed by atoms with van der Waals surface area (Å²) in [7, 11) is 0. The fourth-order valence-corrected chi connectivity index (χ4v) is 2.43. The van der Waals surface area contributed by atoms with E-state index < -0.39 is 0 Å². The van der Waals surface area contributed by atoms with Gasteiger partial charge in [0.25, 0.3) is 0 Å². The number of para-hydroxylation sites is 1. The van der Waals surface area contributed by atoms with E-state index in [0.29, 0.717) is 32.5 Å². The molecule has 0 aromatic heterocycles. The lowest BCUT2D eigenvalue weighted by atomic mass is 9.99. The molecule has 0 saturated heterocycles. The van der Waals surface area contributed by atoms with Crippen LogP contribution in [0.4, 0.5) is 5.69 Å². The van der Waals surface area contributed by atoms with Crippen LogP contribution in [0.5, 0.6) is 0 Å². The molecule has 1 aliphatic heterocycles. The van der Waals surface area contributed by atoms with E-state index in [-0.39, 0.29) is 11.8 Å². The Bertz CT molecular complexity index is 552. The Morgan fingerprint density at radius 2 is 1.90 bits per heavy atom. The highest BCUT2D eigenvalue weighted by atomic mass is 16.2. The number of nitriles is 2. The number of carbonyl (C=O) groups is 1. The molecule has 1 N–H and O–H groups in total. The van der Waals surface area contributed by atoms with Crippen molar-refractivity contribution in [1.29, 1.82) is 10.5 Å². The van der Waals surface area contributed by atoms with Gasteiger partial charge >= 0.3 is 0 Å². The van der Waals surface area contributed by atoms with E-state index in [2.05, 4.69) is 5.32 Å². The molecule has 0 fully saturated rings. The number of hydrogen-bond donors (Lipinski definition) is 1. The summed E-state index contributed by atoms with van der Waals surface area (Å²) in [5.41, 5.74) is 1.99. The van der Waals surface area contributed by atoms with Crippen molar-refractivity contribution >= 4 is 11.6 Å². The van der Waals surface area contributed by atoms with Gasteiger partial charge in [-0.3, -0.25) is 4.79 Å². The summed E-state index contributed by atoms with van der Waals surface area (Å²) >= 11 is 0. The Hall–Kier alpha value is -2.53. The van der Waals surface area contributed by atoms with Crippen molar-refractivity contribution in [3.05, 3.63) is 29.8 Å². The van der Waals surface area contributed by atoms with Crippen LogP contribution >= 0.6 is 0 Å². The number of nitrogens with one attached hydrogen (secondary N) is 1. The van der Waals surface area contributed by atoms with E-state index in [4.69, 9.17) is 10.5 Å². The van der Waals surface area contributed by atoms with Gasteiger partial charge in [-0.1, -0.05) is 18.2 Å². The summed E-state index contributed by atoms with van der Waals surface area (Å²) in [4.78, 5) is 14.2. The van der Waals surface area contributed by atoms with E-state index in [1.54, 1.807) is 4.90 Å². The average Bonchev–Trinajstić information content (AvgIpc) is 2.91. The second kappa shape index (κ2) is 6.58. The highest BCUT2D eigenvalue weighted by Crippen LogP contribution is 2.32. The van der Waals surface area contributed by atoms with Gasteiger partial charge in [0, 0.05) is 25.3 Å². The minimum absolute atomic E-state index is 0.00653. The fraction of sp³-hybridized carbons (Fsp3) is 0.400. The SMILES string of the molecule is N#CCCN(CCC#N)C(=O)C1CNc2ccccc21. The molecular weight excluding hydrogens is 252 g/mol. The summed E-state index contributed by atoms with van der Waals surface area (Å²) < 4.78 is 0. The molecule has 1 aromatic rings. The van der Waals surface area contributed by atoms with Crippen LogP contribution in [0.3, 0.4) is 0 Å². The lowest BCUT2D eigenvalue weighted by molar-refractivity contribution is -0.132. The summed E-state index contributed by atoms with van der Waals surface area (Å²) in [5, 5.41) is 20.6. The van der Waals surface area contributed by atoms with Crippen molar-refractivity contribution in [1.82, 2.24) is 4.90 Å². The van der Waals surface area contributed by atoms with Gasteiger partial charge in [0.05, 0.1) is 30.9 Å². The molecule has 5 nitrogen and oxygen atoms in total. The predicted molar refractivity (Wildman–Crippen MR) is 74.7 cm³/mol. The first kappa shape index (κ1) is 13.9. The maximum atomic E-state index is 12.6. The number of nitrogens with zero attached hydrogens (tertiary/aromatic N) is 3. The van der Waals surface area contributed by atoms with E-state index in [0.717, 1.165) is 11.3 Å². The number of rotatable bonds is 5. The Labute approximate surface area is 118 Å². The van der Waals surface area contributed by atoms with Gasteiger partial charge in [-0.15, -0.1) is 0 Å². The van der Waals surface area contributed by atoms with E-state index in [1.165, 1.54) is 0 Å². The lowest BCUT2D eigenvalue weighted by Gasteiger charge is -2.23. The Balaban J connectivity index is 2.12. The maximum Gasteiger partial charge on any atom is 0.232 e. The van der Waals surface area contributed by atoms with E-state index >= 15 is 0 Å². The summed E-state index contributed by atoms with van der Waals surface area (Å²) in [6.45, 7) is 1.35. The molecule has 2 rings (SSSR count). The summed E-state index contributed by atoms with van der Waals surface area (Å²) in [6, 6.07) is 11.8. The average molecular weight is 268 g/mol. The zero-order valence-electron chi connectivity index (χ0n) is 11.2. The van der Waals surface area contributed by atoms with Crippen LogP contribution in [0.15, 0.2) is 24.3 Å². The second-order valence-corrected chi connectivity index (χ2v) is 4.66. The van der Waals surface area contributed by atoms with Crippen LogP contribution in [0.2, 0.25) is 0 Å². The molecule has 0 spiro atoms. The third-order valence-corrected chi connectivity index (χ3v) is 3.43. The minimum atomic E-state index is -0.219. The first-order valence-corrected chi connectivity index (χ1v) is 6.63. The molecule has 0 radical (unpaired) electrons. The third kappa shape index (κ3) is 2.89. The molecule has 1 atom stereocenters. The second-order valence-electron chi connectivity index (χ2n) is 4.66. The van der Waals surface area contributed by atoms with Gasteiger partial charge < -0.3 is 10.2 Å². The van der Waals surface area contributed by atoms with Gasteiger partial charge in [-0.2, -0.15) is 10.5 Å². The van der Waals surface area contributed by atoms with Gasteiger partial charge in [0.1, 0.15) is 0 Å². The molecule has 1 heterocycles. The molecule has 1 aromatic carbocycles. The number of anilines is 1. The molecule has 20 heavy (non-hydrogen) atoms. The van der Waals surface area contributed by atoms with Crippen LogP contribution < -0.4 is 5.32 Å². The third-order valence-electron chi connectivity index (χ3n) is 3.43. The zero-order chi connectivity index (χ0) is 14.4. The lowest BCUT2D eigenvalue weighted by Crippen LogP contribution is -2.37. The van der Waals surface area contributed by atoms with Gasteiger partial charge in [0.2, 0.25) is 5.91 Å². The van der Waals surface area contributed by atoms with Crippen molar-refractivity contribution in [3.8, 4) is 12.1 Å². The molecule has 1 amide bonds. The van der Waals surface area contributed by atoms with E-state index in [1.807, 2.05) is 36.4 Å². The van der Waals surface area contributed by atoms with Crippen LogP contribution in [-0.4, -0.2) is 30.4 Å². The van der Waals surface area contributed by atoms with Crippen molar-refractivity contribution < 1.29 is 4.79 Å². The monoisotopic (exact) mass is 268 g/mol. The van der Waals surface area contributed by atoms with Crippen molar-refractivity contribution in [3.63, 3.8) is 0 Å². The largest absolute Gasteiger partial charge is 0.384 e. The van der Waals surface area contributed by atoms with Crippen molar-refractivity contribution in [2.24, 2.45) is 0 Å². The first-order chi connectivity index (χ1) is 9.77. The van der Waals surface area contributed by atoms with Gasteiger partial charge in [-0.05, 0) is 11.6 Å². The van der Waals surface area contributed by atoms with Crippen molar-refractivity contribution in [2.45, 2.75) is 18.8 Å². The predicted octanol–water partition coefficient (Wildman–Crippen LogP) is 1.85. The molecule has 102 valence electrons. The topological polar surface area (TPSA) is 79.9 Å². The van der Waals surface area contributed by atoms with Crippen LogP contribution in [-0.2, 0) is 4.79 Å².